The number of nitrogens with two attached hydrogens (primary N) is 1. The summed E-state index contributed by atoms with van der Waals surface area (Å²) in [5, 5.41) is 2.84. The van der Waals surface area contributed by atoms with Crippen molar-refractivity contribution in [1.82, 2.24) is 0 Å². The zero-order valence-electron chi connectivity index (χ0n) is 11.1. The Morgan fingerprint density at radius 3 is 2.52 bits per heavy atom. The number of amides is 1. The molecule has 2 rings (SSSR count). The molecule has 1 amide bonds. The van der Waals surface area contributed by atoms with Gasteiger partial charge in [0.25, 0.3) is 5.91 Å². The zero-order chi connectivity index (χ0) is 15.2. The third-order valence-electron chi connectivity index (χ3n) is 2.60. The van der Waals surface area contributed by atoms with E-state index in [-0.39, 0.29) is 5.91 Å². The lowest BCUT2D eigenvalue weighted by atomic mass is 10.2. The molecular formula is C15H14Br2N2O2. The number of carbonyl (C=O) groups excluding carboxylic acids is 1. The lowest BCUT2D eigenvalue weighted by molar-refractivity contribution is 0.102. The van der Waals surface area contributed by atoms with E-state index in [2.05, 4.69) is 37.2 Å². The van der Waals surface area contributed by atoms with Gasteiger partial charge in [0.2, 0.25) is 0 Å². The smallest absolute Gasteiger partial charge is 0.255 e. The number of carbonyl (C=O) groups is 1. The van der Waals surface area contributed by atoms with Crippen molar-refractivity contribution < 1.29 is 9.53 Å². The molecule has 0 aromatic heterocycles. The lowest BCUT2D eigenvalue weighted by Gasteiger charge is -2.09. The first kappa shape index (κ1) is 16.0. The van der Waals surface area contributed by atoms with Crippen LogP contribution in [0.1, 0.15) is 10.4 Å². The second-order valence-corrected chi connectivity index (χ2v) is 6.11. The third kappa shape index (κ3) is 4.84. The minimum atomic E-state index is -0.187. The number of anilines is 1. The standard InChI is InChI=1S/C15H14Br2N2O2/c16-11-6-10(7-12(17)8-11)15(20)19-13-2-1-3-14(9-13)21-5-4-18/h1-3,6-9H,4-5,18H2,(H,19,20). The van der Waals surface area contributed by atoms with E-state index in [0.29, 0.717) is 30.2 Å². The largest absolute Gasteiger partial charge is 0.492 e. The molecule has 2 aromatic carbocycles. The van der Waals surface area contributed by atoms with E-state index in [9.17, 15) is 4.79 Å². The Morgan fingerprint density at radius 1 is 1.14 bits per heavy atom. The van der Waals surface area contributed by atoms with Crippen LogP contribution in [0.5, 0.6) is 5.75 Å². The zero-order valence-corrected chi connectivity index (χ0v) is 14.3. The third-order valence-corrected chi connectivity index (χ3v) is 3.52. The first-order valence-corrected chi connectivity index (χ1v) is 7.87. The van der Waals surface area contributed by atoms with Crippen LogP contribution in [0.4, 0.5) is 5.69 Å². The normalized spacial score (nSPS) is 10.2. The molecule has 110 valence electrons. The molecule has 0 heterocycles. The molecule has 0 saturated carbocycles. The molecule has 0 aliphatic carbocycles. The second kappa shape index (κ2) is 7.59. The summed E-state index contributed by atoms with van der Waals surface area (Å²) in [5.41, 5.74) is 6.63. The molecule has 0 aliphatic heterocycles. The molecule has 21 heavy (non-hydrogen) atoms. The van der Waals surface area contributed by atoms with Crippen molar-refractivity contribution in [2.75, 3.05) is 18.5 Å². The van der Waals surface area contributed by atoms with Gasteiger partial charge in [0.15, 0.2) is 0 Å². The number of ether oxygens (including phenoxy) is 1. The van der Waals surface area contributed by atoms with E-state index in [0.717, 1.165) is 8.95 Å². The van der Waals surface area contributed by atoms with E-state index in [1.165, 1.54) is 0 Å². The quantitative estimate of drug-likeness (QED) is 0.783. The number of nitrogens with one attached hydrogen (secondary N) is 1. The Hall–Kier alpha value is -1.37. The van der Waals surface area contributed by atoms with E-state index in [1.54, 1.807) is 24.3 Å². The van der Waals surface area contributed by atoms with Crippen molar-refractivity contribution in [3.63, 3.8) is 0 Å². The fourth-order valence-corrected chi connectivity index (χ4v) is 3.02. The van der Waals surface area contributed by atoms with Crippen LogP contribution in [0.2, 0.25) is 0 Å². The molecule has 3 N–H and O–H groups in total. The number of benzene rings is 2. The first-order valence-electron chi connectivity index (χ1n) is 6.29. The highest BCUT2D eigenvalue weighted by Crippen LogP contribution is 2.22. The van der Waals surface area contributed by atoms with Gasteiger partial charge in [0, 0.05) is 32.8 Å². The molecule has 0 aliphatic rings. The van der Waals surface area contributed by atoms with Crippen molar-refractivity contribution >= 4 is 43.5 Å². The fraction of sp³-hybridized carbons (Fsp3) is 0.133. The summed E-state index contributed by atoms with van der Waals surface area (Å²) < 4.78 is 7.10. The highest BCUT2D eigenvalue weighted by Gasteiger charge is 2.08. The predicted molar refractivity (Wildman–Crippen MR) is 90.8 cm³/mol. The molecule has 6 heteroatoms. The van der Waals surface area contributed by atoms with Gasteiger partial charge < -0.3 is 15.8 Å². The summed E-state index contributed by atoms with van der Waals surface area (Å²) in [7, 11) is 0. The summed E-state index contributed by atoms with van der Waals surface area (Å²) in [6.45, 7) is 0.888. The monoisotopic (exact) mass is 412 g/mol. The van der Waals surface area contributed by atoms with Gasteiger partial charge in [0.05, 0.1) is 0 Å². The second-order valence-electron chi connectivity index (χ2n) is 4.28. The van der Waals surface area contributed by atoms with Crippen LogP contribution >= 0.6 is 31.9 Å². The Morgan fingerprint density at radius 2 is 1.86 bits per heavy atom. The summed E-state index contributed by atoms with van der Waals surface area (Å²) in [6.07, 6.45) is 0. The molecular weight excluding hydrogens is 400 g/mol. The van der Waals surface area contributed by atoms with Crippen LogP contribution in [0, 0.1) is 0 Å². The van der Waals surface area contributed by atoms with Crippen LogP contribution in [0.3, 0.4) is 0 Å². The molecule has 0 radical (unpaired) electrons. The number of hydrogen-bond donors (Lipinski definition) is 2. The van der Waals surface area contributed by atoms with E-state index in [1.807, 2.05) is 18.2 Å². The molecule has 0 atom stereocenters. The van der Waals surface area contributed by atoms with Crippen molar-refractivity contribution in [1.29, 1.82) is 0 Å². The molecule has 0 unspecified atom stereocenters. The van der Waals surface area contributed by atoms with E-state index in [4.69, 9.17) is 10.5 Å². The van der Waals surface area contributed by atoms with E-state index < -0.39 is 0 Å². The number of hydrogen-bond acceptors (Lipinski definition) is 3. The minimum Gasteiger partial charge on any atom is -0.492 e. The molecule has 2 aromatic rings. The average Bonchev–Trinajstić information content (AvgIpc) is 2.44. The van der Waals surface area contributed by atoms with Gasteiger partial charge in [0.1, 0.15) is 12.4 Å². The maximum absolute atomic E-state index is 12.2. The number of halogens is 2. The summed E-state index contributed by atoms with van der Waals surface area (Å²) in [5.74, 6) is 0.488. The lowest BCUT2D eigenvalue weighted by Crippen LogP contribution is -2.13. The minimum absolute atomic E-state index is 0.187. The van der Waals surface area contributed by atoms with E-state index >= 15 is 0 Å². The maximum atomic E-state index is 12.2. The Kier molecular flexibility index (Phi) is 5.78. The molecule has 0 saturated heterocycles. The van der Waals surface area contributed by atoms with Gasteiger partial charge in [-0.1, -0.05) is 37.9 Å². The topological polar surface area (TPSA) is 64.3 Å². The van der Waals surface area contributed by atoms with Gasteiger partial charge >= 0.3 is 0 Å². The van der Waals surface area contributed by atoms with Gasteiger partial charge in [-0.2, -0.15) is 0 Å². The van der Waals surface area contributed by atoms with Crippen LogP contribution in [0.15, 0.2) is 51.4 Å². The highest BCUT2D eigenvalue weighted by atomic mass is 79.9. The SMILES string of the molecule is NCCOc1cccc(NC(=O)c2cc(Br)cc(Br)c2)c1. The molecule has 4 nitrogen and oxygen atoms in total. The fourth-order valence-electron chi connectivity index (χ4n) is 1.73. The molecule has 0 bridgehead atoms. The van der Waals surface area contributed by atoms with Crippen LogP contribution < -0.4 is 15.8 Å². The van der Waals surface area contributed by atoms with Crippen molar-refractivity contribution in [3.8, 4) is 5.75 Å². The van der Waals surface area contributed by atoms with Crippen molar-refractivity contribution in [3.05, 3.63) is 57.0 Å². The van der Waals surface area contributed by atoms with Gasteiger partial charge in [-0.3, -0.25) is 4.79 Å². The summed E-state index contributed by atoms with van der Waals surface area (Å²) in [4.78, 5) is 12.2. The number of rotatable bonds is 5. The van der Waals surface area contributed by atoms with Crippen LogP contribution in [0.25, 0.3) is 0 Å². The molecule has 0 spiro atoms. The highest BCUT2D eigenvalue weighted by molar-refractivity contribution is 9.11. The Bertz CT molecular complexity index is 627. The van der Waals surface area contributed by atoms with Crippen molar-refractivity contribution in [2.45, 2.75) is 0 Å². The predicted octanol–water partition coefficient (Wildman–Crippen LogP) is 3.80. The maximum Gasteiger partial charge on any atom is 0.255 e. The summed E-state index contributed by atoms with van der Waals surface area (Å²) in [6, 6.07) is 12.6. The summed E-state index contributed by atoms with van der Waals surface area (Å²) >= 11 is 6.73. The van der Waals surface area contributed by atoms with Crippen molar-refractivity contribution in [2.24, 2.45) is 5.73 Å². The average molecular weight is 414 g/mol. The first-order chi connectivity index (χ1) is 10.1. The molecule has 0 fully saturated rings. The van der Waals surface area contributed by atoms with Crippen LogP contribution in [-0.2, 0) is 0 Å². The van der Waals surface area contributed by atoms with Gasteiger partial charge in [-0.15, -0.1) is 0 Å². The Labute approximate surface area is 139 Å². The Balaban J connectivity index is 2.11. The van der Waals surface area contributed by atoms with Gasteiger partial charge in [-0.05, 0) is 30.3 Å². The van der Waals surface area contributed by atoms with Crippen LogP contribution in [-0.4, -0.2) is 19.1 Å². The van der Waals surface area contributed by atoms with Gasteiger partial charge in [-0.25, -0.2) is 0 Å².